The summed E-state index contributed by atoms with van der Waals surface area (Å²) >= 11 is 0. The lowest BCUT2D eigenvalue weighted by Gasteiger charge is -2.03. The van der Waals surface area contributed by atoms with Crippen LogP contribution in [0.1, 0.15) is 12.5 Å². The van der Waals surface area contributed by atoms with Gasteiger partial charge in [0.05, 0.1) is 0 Å². The van der Waals surface area contributed by atoms with E-state index in [0.29, 0.717) is 5.82 Å². The highest BCUT2D eigenvalue weighted by Crippen LogP contribution is 2.20. The molecule has 2 aromatic rings. The van der Waals surface area contributed by atoms with Crippen molar-refractivity contribution in [3.05, 3.63) is 48.2 Å². The molecule has 0 saturated heterocycles. The van der Waals surface area contributed by atoms with Crippen LogP contribution in [0.4, 0.5) is 5.82 Å². The largest absolute Gasteiger partial charge is 0.384 e. The van der Waals surface area contributed by atoms with Gasteiger partial charge in [-0.2, -0.15) is 0 Å². The number of rotatable bonds is 2. The molecule has 1 heterocycles. The Hall–Kier alpha value is -1.83. The normalized spacial score (nSPS) is 10.2. The van der Waals surface area contributed by atoms with Crippen molar-refractivity contribution in [1.29, 1.82) is 0 Å². The third-order valence-corrected chi connectivity index (χ3v) is 2.45. The molecule has 1 aromatic heterocycles. The SMILES string of the molecule is CCc1cccc(-c2ccc(N)nc2)c1. The first kappa shape index (κ1) is 9.71. The van der Waals surface area contributed by atoms with E-state index >= 15 is 0 Å². The van der Waals surface area contributed by atoms with Crippen molar-refractivity contribution in [2.45, 2.75) is 13.3 Å². The Morgan fingerprint density at radius 3 is 2.67 bits per heavy atom. The van der Waals surface area contributed by atoms with Crippen LogP contribution in [0.15, 0.2) is 42.6 Å². The van der Waals surface area contributed by atoms with Crippen LogP contribution in [0.25, 0.3) is 11.1 Å². The van der Waals surface area contributed by atoms with Crippen LogP contribution in [0.5, 0.6) is 0 Å². The molecule has 0 aliphatic heterocycles. The second-order valence-corrected chi connectivity index (χ2v) is 3.53. The molecule has 2 heteroatoms. The Balaban J connectivity index is 2.40. The number of anilines is 1. The Labute approximate surface area is 89.8 Å². The Morgan fingerprint density at radius 2 is 2.00 bits per heavy atom. The Morgan fingerprint density at radius 1 is 1.13 bits per heavy atom. The number of benzene rings is 1. The predicted octanol–water partition coefficient (Wildman–Crippen LogP) is 2.89. The van der Waals surface area contributed by atoms with Gasteiger partial charge in [-0.1, -0.05) is 31.2 Å². The first-order valence-corrected chi connectivity index (χ1v) is 5.10. The third kappa shape index (κ3) is 2.15. The second-order valence-electron chi connectivity index (χ2n) is 3.53. The average Bonchev–Trinajstić information content (AvgIpc) is 2.30. The van der Waals surface area contributed by atoms with E-state index in [2.05, 4.69) is 36.2 Å². The zero-order valence-electron chi connectivity index (χ0n) is 8.77. The van der Waals surface area contributed by atoms with Gasteiger partial charge < -0.3 is 5.73 Å². The van der Waals surface area contributed by atoms with E-state index in [-0.39, 0.29) is 0 Å². The van der Waals surface area contributed by atoms with Crippen LogP contribution in [-0.4, -0.2) is 4.98 Å². The number of nitrogens with two attached hydrogens (primary N) is 1. The summed E-state index contributed by atoms with van der Waals surface area (Å²) in [5, 5.41) is 0. The monoisotopic (exact) mass is 198 g/mol. The summed E-state index contributed by atoms with van der Waals surface area (Å²) in [6.45, 7) is 2.15. The maximum absolute atomic E-state index is 5.55. The molecular formula is C13H14N2. The fraction of sp³-hybridized carbons (Fsp3) is 0.154. The molecule has 0 radical (unpaired) electrons. The number of hydrogen-bond donors (Lipinski definition) is 1. The van der Waals surface area contributed by atoms with E-state index in [1.54, 1.807) is 0 Å². The maximum Gasteiger partial charge on any atom is 0.123 e. The zero-order valence-corrected chi connectivity index (χ0v) is 8.77. The molecule has 2 nitrogen and oxygen atoms in total. The van der Waals surface area contributed by atoms with Crippen molar-refractivity contribution >= 4 is 5.82 Å². The van der Waals surface area contributed by atoms with E-state index in [4.69, 9.17) is 5.73 Å². The molecule has 0 unspecified atom stereocenters. The van der Waals surface area contributed by atoms with Gasteiger partial charge in [0, 0.05) is 11.8 Å². The highest BCUT2D eigenvalue weighted by Gasteiger charge is 1.98. The van der Waals surface area contributed by atoms with E-state index in [0.717, 1.165) is 12.0 Å². The average molecular weight is 198 g/mol. The lowest BCUT2D eigenvalue weighted by atomic mass is 10.0. The highest BCUT2D eigenvalue weighted by molar-refractivity contribution is 5.64. The number of nitrogens with zero attached hydrogens (tertiary/aromatic N) is 1. The van der Waals surface area contributed by atoms with Gasteiger partial charge in [0.1, 0.15) is 5.82 Å². The molecule has 76 valence electrons. The van der Waals surface area contributed by atoms with Gasteiger partial charge >= 0.3 is 0 Å². The van der Waals surface area contributed by atoms with Gasteiger partial charge in [-0.3, -0.25) is 0 Å². The quantitative estimate of drug-likeness (QED) is 0.805. The summed E-state index contributed by atoms with van der Waals surface area (Å²) in [5.41, 5.74) is 9.19. The maximum atomic E-state index is 5.55. The van der Waals surface area contributed by atoms with Crippen LogP contribution in [0.2, 0.25) is 0 Å². The van der Waals surface area contributed by atoms with E-state index in [1.807, 2.05) is 18.3 Å². The molecule has 0 atom stereocenters. The zero-order chi connectivity index (χ0) is 10.7. The topological polar surface area (TPSA) is 38.9 Å². The van der Waals surface area contributed by atoms with E-state index in [1.165, 1.54) is 11.1 Å². The molecule has 0 fully saturated rings. The molecule has 15 heavy (non-hydrogen) atoms. The number of aryl methyl sites for hydroxylation is 1. The Bertz CT molecular complexity index is 446. The molecule has 0 bridgehead atoms. The summed E-state index contributed by atoms with van der Waals surface area (Å²) < 4.78 is 0. The smallest absolute Gasteiger partial charge is 0.123 e. The van der Waals surface area contributed by atoms with Gasteiger partial charge in [-0.15, -0.1) is 0 Å². The van der Waals surface area contributed by atoms with Crippen molar-refractivity contribution in [3.63, 3.8) is 0 Å². The Kier molecular flexibility index (Phi) is 2.68. The fourth-order valence-corrected chi connectivity index (χ4v) is 1.55. The van der Waals surface area contributed by atoms with Gasteiger partial charge in [0.2, 0.25) is 0 Å². The van der Waals surface area contributed by atoms with Crippen molar-refractivity contribution in [1.82, 2.24) is 4.98 Å². The predicted molar refractivity (Wildman–Crippen MR) is 63.5 cm³/mol. The van der Waals surface area contributed by atoms with Crippen molar-refractivity contribution in [3.8, 4) is 11.1 Å². The van der Waals surface area contributed by atoms with Crippen molar-refractivity contribution in [2.75, 3.05) is 5.73 Å². The van der Waals surface area contributed by atoms with Crippen molar-refractivity contribution < 1.29 is 0 Å². The number of aromatic nitrogens is 1. The van der Waals surface area contributed by atoms with Crippen molar-refractivity contribution in [2.24, 2.45) is 0 Å². The molecule has 2 N–H and O–H groups in total. The standard InChI is InChI=1S/C13H14N2/c1-2-10-4-3-5-11(8-10)12-6-7-13(14)15-9-12/h3-9H,2H2,1H3,(H2,14,15). The molecular weight excluding hydrogens is 184 g/mol. The highest BCUT2D eigenvalue weighted by atomic mass is 14.8. The number of pyridine rings is 1. The third-order valence-electron chi connectivity index (χ3n) is 2.45. The second kappa shape index (κ2) is 4.13. The van der Waals surface area contributed by atoms with Gasteiger partial charge in [-0.25, -0.2) is 4.98 Å². The molecule has 0 saturated carbocycles. The number of nitrogen functional groups attached to an aromatic ring is 1. The lowest BCUT2D eigenvalue weighted by Crippen LogP contribution is -1.89. The minimum atomic E-state index is 0.561. The minimum absolute atomic E-state index is 0.561. The molecule has 1 aromatic carbocycles. The molecule has 0 spiro atoms. The van der Waals surface area contributed by atoms with Crippen LogP contribution >= 0.6 is 0 Å². The summed E-state index contributed by atoms with van der Waals surface area (Å²) in [4.78, 5) is 4.09. The summed E-state index contributed by atoms with van der Waals surface area (Å²) in [6.07, 6.45) is 2.86. The van der Waals surface area contributed by atoms with Gasteiger partial charge in [-0.05, 0) is 29.7 Å². The first-order chi connectivity index (χ1) is 7.29. The molecule has 2 rings (SSSR count). The summed E-state index contributed by atoms with van der Waals surface area (Å²) in [5.74, 6) is 0.561. The summed E-state index contributed by atoms with van der Waals surface area (Å²) in [6, 6.07) is 12.3. The molecule has 0 amide bonds. The summed E-state index contributed by atoms with van der Waals surface area (Å²) in [7, 11) is 0. The minimum Gasteiger partial charge on any atom is -0.384 e. The molecule has 0 aliphatic carbocycles. The van der Waals surface area contributed by atoms with Crippen LogP contribution in [0.3, 0.4) is 0 Å². The van der Waals surface area contributed by atoms with Crippen LogP contribution in [-0.2, 0) is 6.42 Å². The lowest BCUT2D eigenvalue weighted by molar-refractivity contribution is 1.14. The van der Waals surface area contributed by atoms with E-state index < -0.39 is 0 Å². The number of hydrogen-bond acceptors (Lipinski definition) is 2. The fourth-order valence-electron chi connectivity index (χ4n) is 1.55. The van der Waals surface area contributed by atoms with Gasteiger partial charge in [0.25, 0.3) is 0 Å². The van der Waals surface area contributed by atoms with Crippen LogP contribution in [0, 0.1) is 0 Å². The first-order valence-electron chi connectivity index (χ1n) is 5.10. The molecule has 0 aliphatic rings. The van der Waals surface area contributed by atoms with E-state index in [9.17, 15) is 0 Å². The van der Waals surface area contributed by atoms with Crippen LogP contribution < -0.4 is 5.73 Å². The van der Waals surface area contributed by atoms with Gasteiger partial charge in [0.15, 0.2) is 0 Å².